The van der Waals surface area contributed by atoms with Gasteiger partial charge in [0, 0.05) is 31.9 Å². The largest absolute Gasteiger partial charge is 0.455 e. The first-order valence-electron chi connectivity index (χ1n) is 6.24. The second-order valence-corrected chi connectivity index (χ2v) is 6.10. The van der Waals surface area contributed by atoms with E-state index in [0.29, 0.717) is 5.02 Å². The van der Waals surface area contributed by atoms with Gasteiger partial charge in [0.25, 0.3) is 0 Å². The lowest BCUT2D eigenvalue weighted by molar-refractivity contribution is 0.666. The second-order valence-electron chi connectivity index (χ2n) is 4.81. The molecule has 0 aliphatic heterocycles. The Morgan fingerprint density at radius 1 is 1.16 bits per heavy atom. The number of allylic oxidation sites excluding steroid dienone is 1. The van der Waals surface area contributed by atoms with Crippen molar-refractivity contribution in [1.82, 2.24) is 0 Å². The van der Waals surface area contributed by atoms with Gasteiger partial charge in [-0.05, 0) is 36.6 Å². The molecule has 0 fully saturated rings. The van der Waals surface area contributed by atoms with Crippen molar-refractivity contribution in [2.75, 3.05) is 0 Å². The van der Waals surface area contributed by atoms with Gasteiger partial charge < -0.3 is 4.42 Å². The number of furan rings is 1. The second kappa shape index (κ2) is 4.12. The maximum absolute atomic E-state index is 6.04. The van der Waals surface area contributed by atoms with Crippen LogP contribution in [0.2, 0.25) is 5.02 Å². The van der Waals surface area contributed by atoms with Crippen LogP contribution < -0.4 is 0 Å². The molecule has 0 N–H and O–H groups in total. The fraction of sp³-hybridized carbons (Fsp3) is 0.125. The fourth-order valence-electron chi connectivity index (χ4n) is 2.77. The molecule has 0 amide bonds. The molecule has 1 heterocycles. The van der Waals surface area contributed by atoms with Crippen LogP contribution in [0, 0.1) is 0 Å². The molecule has 3 heteroatoms. The number of benzene rings is 2. The van der Waals surface area contributed by atoms with Crippen LogP contribution >= 0.6 is 27.5 Å². The minimum atomic E-state index is 0.704. The molecule has 0 atom stereocenters. The maximum atomic E-state index is 6.04. The van der Waals surface area contributed by atoms with Crippen molar-refractivity contribution in [2.45, 2.75) is 12.8 Å². The molecular weight excluding hydrogens is 324 g/mol. The summed E-state index contributed by atoms with van der Waals surface area (Å²) in [5.41, 5.74) is 4.34. The Labute approximate surface area is 124 Å². The third kappa shape index (κ3) is 1.67. The zero-order valence-corrected chi connectivity index (χ0v) is 12.4. The Kier molecular flexibility index (Phi) is 2.51. The van der Waals surface area contributed by atoms with E-state index in [1.54, 1.807) is 0 Å². The molecule has 0 radical (unpaired) electrons. The number of fused-ring (bicyclic) bond motifs is 5. The Bertz CT molecular complexity index is 845. The summed E-state index contributed by atoms with van der Waals surface area (Å²) < 4.78 is 7.19. The van der Waals surface area contributed by atoms with E-state index in [1.165, 1.54) is 11.1 Å². The van der Waals surface area contributed by atoms with E-state index in [4.69, 9.17) is 16.0 Å². The highest BCUT2D eigenvalue weighted by Gasteiger charge is 2.17. The predicted molar refractivity (Wildman–Crippen MR) is 83.8 cm³/mol. The summed E-state index contributed by atoms with van der Waals surface area (Å²) in [4.78, 5) is 0. The first kappa shape index (κ1) is 11.6. The van der Waals surface area contributed by atoms with E-state index in [-0.39, 0.29) is 0 Å². The Hall–Kier alpha value is -1.25. The van der Waals surface area contributed by atoms with E-state index in [1.807, 2.05) is 18.2 Å². The van der Waals surface area contributed by atoms with Crippen LogP contribution in [-0.4, -0.2) is 0 Å². The van der Waals surface area contributed by atoms with Crippen molar-refractivity contribution in [1.29, 1.82) is 0 Å². The zero-order chi connectivity index (χ0) is 13.0. The summed E-state index contributed by atoms with van der Waals surface area (Å²) in [6.45, 7) is 0. The molecule has 0 unspecified atom stereocenters. The summed E-state index contributed by atoms with van der Waals surface area (Å²) in [6.07, 6.45) is 6.51. The minimum Gasteiger partial charge on any atom is -0.455 e. The smallest absolute Gasteiger partial charge is 0.142 e. The Morgan fingerprint density at radius 3 is 2.95 bits per heavy atom. The van der Waals surface area contributed by atoms with Gasteiger partial charge in [-0.2, -0.15) is 0 Å². The van der Waals surface area contributed by atoms with Crippen molar-refractivity contribution in [3.05, 3.63) is 51.0 Å². The summed E-state index contributed by atoms with van der Waals surface area (Å²) in [5.74, 6) is 0. The standard InChI is InChI=1S/C16H10BrClO/c17-14-8-13-11-6-5-9(18)7-15(11)19-16(13)12-4-2-1-3-10(12)14/h2,4-8H,1,3H2. The number of rotatable bonds is 0. The molecule has 1 nitrogen and oxygen atoms in total. The summed E-state index contributed by atoms with van der Waals surface area (Å²) in [6, 6.07) is 7.97. The average molecular weight is 334 g/mol. The lowest BCUT2D eigenvalue weighted by Gasteiger charge is -2.12. The molecule has 1 aromatic heterocycles. The first-order valence-corrected chi connectivity index (χ1v) is 7.41. The summed E-state index contributed by atoms with van der Waals surface area (Å²) >= 11 is 9.72. The molecule has 4 rings (SSSR count). The molecule has 0 saturated heterocycles. The van der Waals surface area contributed by atoms with Crippen molar-refractivity contribution < 1.29 is 4.42 Å². The van der Waals surface area contributed by atoms with Gasteiger partial charge >= 0.3 is 0 Å². The van der Waals surface area contributed by atoms with E-state index < -0.39 is 0 Å². The summed E-state index contributed by atoms with van der Waals surface area (Å²) in [5, 5.41) is 2.96. The van der Waals surface area contributed by atoms with Crippen LogP contribution in [0.3, 0.4) is 0 Å². The molecule has 0 spiro atoms. The monoisotopic (exact) mass is 332 g/mol. The van der Waals surface area contributed by atoms with E-state index in [2.05, 4.69) is 34.1 Å². The number of hydrogen-bond donors (Lipinski definition) is 0. The predicted octanol–water partition coefficient (Wildman–Crippen LogP) is 5.96. The van der Waals surface area contributed by atoms with Gasteiger partial charge in [-0.3, -0.25) is 0 Å². The molecule has 0 bridgehead atoms. The lowest BCUT2D eigenvalue weighted by Crippen LogP contribution is -1.95. The average Bonchev–Trinajstić information content (AvgIpc) is 2.77. The normalized spacial score (nSPS) is 14.2. The highest BCUT2D eigenvalue weighted by molar-refractivity contribution is 9.10. The van der Waals surface area contributed by atoms with Crippen LogP contribution in [0.4, 0.5) is 0 Å². The van der Waals surface area contributed by atoms with Crippen molar-refractivity contribution in [2.24, 2.45) is 0 Å². The number of halogens is 2. The highest BCUT2D eigenvalue weighted by Crippen LogP contribution is 2.39. The molecule has 1 aliphatic rings. The zero-order valence-electron chi connectivity index (χ0n) is 10.0. The molecule has 0 saturated carbocycles. The van der Waals surface area contributed by atoms with E-state index >= 15 is 0 Å². The highest BCUT2D eigenvalue weighted by atomic mass is 79.9. The molecule has 1 aliphatic carbocycles. The van der Waals surface area contributed by atoms with Crippen LogP contribution in [0.1, 0.15) is 17.5 Å². The molecular formula is C16H10BrClO. The van der Waals surface area contributed by atoms with Gasteiger partial charge in [0.1, 0.15) is 11.2 Å². The SMILES string of the molecule is Clc1ccc2c(c1)oc1c3c(c(Br)cc12)CCC=C3. The third-order valence-corrected chi connectivity index (χ3v) is 4.61. The number of hydrogen-bond acceptors (Lipinski definition) is 1. The van der Waals surface area contributed by atoms with Crippen molar-refractivity contribution >= 4 is 55.5 Å². The lowest BCUT2D eigenvalue weighted by atomic mass is 9.95. The van der Waals surface area contributed by atoms with Gasteiger partial charge in [-0.15, -0.1) is 0 Å². The van der Waals surface area contributed by atoms with Crippen LogP contribution in [0.15, 0.2) is 39.2 Å². The van der Waals surface area contributed by atoms with Crippen LogP contribution in [0.25, 0.3) is 28.0 Å². The van der Waals surface area contributed by atoms with Crippen LogP contribution in [-0.2, 0) is 6.42 Å². The van der Waals surface area contributed by atoms with Crippen molar-refractivity contribution in [3.8, 4) is 0 Å². The maximum Gasteiger partial charge on any atom is 0.142 e. The quantitative estimate of drug-likeness (QED) is 0.494. The van der Waals surface area contributed by atoms with Gasteiger partial charge in [-0.25, -0.2) is 0 Å². The molecule has 2 aromatic carbocycles. The third-order valence-electron chi connectivity index (χ3n) is 3.67. The van der Waals surface area contributed by atoms with Gasteiger partial charge in [0.2, 0.25) is 0 Å². The van der Waals surface area contributed by atoms with Gasteiger partial charge in [-0.1, -0.05) is 39.7 Å². The van der Waals surface area contributed by atoms with Crippen molar-refractivity contribution in [3.63, 3.8) is 0 Å². The van der Waals surface area contributed by atoms with Gasteiger partial charge in [0.05, 0.1) is 0 Å². The van der Waals surface area contributed by atoms with Crippen LogP contribution in [0.5, 0.6) is 0 Å². The molecule has 19 heavy (non-hydrogen) atoms. The Morgan fingerprint density at radius 2 is 2.05 bits per heavy atom. The molecule has 94 valence electrons. The summed E-state index contributed by atoms with van der Waals surface area (Å²) in [7, 11) is 0. The fourth-order valence-corrected chi connectivity index (χ4v) is 3.58. The first-order chi connectivity index (χ1) is 9.24. The minimum absolute atomic E-state index is 0.704. The van der Waals surface area contributed by atoms with Gasteiger partial charge in [0.15, 0.2) is 0 Å². The van der Waals surface area contributed by atoms with E-state index in [0.717, 1.165) is 39.3 Å². The topological polar surface area (TPSA) is 13.1 Å². The van der Waals surface area contributed by atoms with E-state index in [9.17, 15) is 0 Å². The Balaban J connectivity index is 2.21. The molecule has 3 aromatic rings.